The summed E-state index contributed by atoms with van der Waals surface area (Å²) in [6.45, 7) is 8.03. The molecule has 0 heterocycles. The van der Waals surface area contributed by atoms with Gasteiger partial charge in [0.1, 0.15) is 0 Å². The number of hydrogen-bond acceptors (Lipinski definition) is 1. The first-order chi connectivity index (χ1) is 6.35. The molecule has 0 rings (SSSR count). The second kappa shape index (κ2) is 10.0. The Labute approximate surface area is 84.3 Å². The van der Waals surface area contributed by atoms with Crippen molar-refractivity contribution in [3.05, 3.63) is 0 Å². The summed E-state index contributed by atoms with van der Waals surface area (Å²) in [7, 11) is 0. The molecular formula is C12H27N. The van der Waals surface area contributed by atoms with Crippen molar-refractivity contribution in [2.45, 2.75) is 71.8 Å². The Hall–Kier alpha value is -0.0400. The van der Waals surface area contributed by atoms with Crippen molar-refractivity contribution in [3.8, 4) is 0 Å². The molecular weight excluding hydrogens is 158 g/mol. The standard InChI is InChI=1S/C12H27N/c1-4-7-8-11-13-12(9-5-2)10-6-3/h12-13H,4-11H2,1-3H3. The third-order valence-electron chi connectivity index (χ3n) is 2.49. The second-order valence-electron chi connectivity index (χ2n) is 3.94. The number of rotatable bonds is 9. The Balaban J connectivity index is 3.33. The van der Waals surface area contributed by atoms with Gasteiger partial charge in [-0.3, -0.25) is 0 Å². The predicted molar refractivity (Wildman–Crippen MR) is 61.1 cm³/mol. The first kappa shape index (κ1) is 13.0. The van der Waals surface area contributed by atoms with Crippen molar-refractivity contribution in [2.24, 2.45) is 0 Å². The molecule has 1 N–H and O–H groups in total. The molecule has 0 saturated heterocycles. The van der Waals surface area contributed by atoms with Crippen molar-refractivity contribution in [2.75, 3.05) is 6.54 Å². The summed E-state index contributed by atoms with van der Waals surface area (Å²) in [6.07, 6.45) is 9.36. The molecule has 0 unspecified atom stereocenters. The highest BCUT2D eigenvalue weighted by Crippen LogP contribution is 2.04. The highest BCUT2D eigenvalue weighted by atomic mass is 14.9. The van der Waals surface area contributed by atoms with Crippen molar-refractivity contribution in [1.82, 2.24) is 5.32 Å². The summed E-state index contributed by atoms with van der Waals surface area (Å²) in [4.78, 5) is 0. The van der Waals surface area contributed by atoms with Gasteiger partial charge >= 0.3 is 0 Å². The fourth-order valence-corrected chi connectivity index (χ4v) is 1.73. The van der Waals surface area contributed by atoms with Gasteiger partial charge in [-0.1, -0.05) is 46.5 Å². The van der Waals surface area contributed by atoms with Crippen molar-refractivity contribution >= 4 is 0 Å². The molecule has 0 aromatic carbocycles. The zero-order valence-corrected chi connectivity index (χ0v) is 9.73. The Morgan fingerprint density at radius 2 is 1.46 bits per heavy atom. The topological polar surface area (TPSA) is 12.0 Å². The van der Waals surface area contributed by atoms with Gasteiger partial charge < -0.3 is 5.32 Å². The van der Waals surface area contributed by atoms with E-state index in [1.54, 1.807) is 0 Å². The largest absolute Gasteiger partial charge is 0.314 e. The number of hydrogen-bond donors (Lipinski definition) is 1. The van der Waals surface area contributed by atoms with Crippen molar-refractivity contribution in [1.29, 1.82) is 0 Å². The predicted octanol–water partition coefficient (Wildman–Crippen LogP) is 3.74. The molecule has 0 fully saturated rings. The number of unbranched alkanes of at least 4 members (excludes halogenated alkanes) is 2. The maximum atomic E-state index is 3.66. The van der Waals surface area contributed by atoms with E-state index in [2.05, 4.69) is 26.1 Å². The lowest BCUT2D eigenvalue weighted by molar-refractivity contribution is 0.437. The monoisotopic (exact) mass is 185 g/mol. The van der Waals surface area contributed by atoms with Gasteiger partial charge in [0, 0.05) is 6.04 Å². The van der Waals surface area contributed by atoms with Crippen LogP contribution in [0.5, 0.6) is 0 Å². The molecule has 0 bridgehead atoms. The molecule has 0 radical (unpaired) electrons. The molecule has 0 amide bonds. The van der Waals surface area contributed by atoms with Crippen LogP contribution in [0.4, 0.5) is 0 Å². The number of nitrogens with one attached hydrogen (secondary N) is 1. The van der Waals surface area contributed by atoms with E-state index in [1.165, 1.54) is 51.5 Å². The summed E-state index contributed by atoms with van der Waals surface area (Å²) in [5.74, 6) is 0. The maximum absolute atomic E-state index is 3.66. The average Bonchev–Trinajstić information content (AvgIpc) is 2.13. The Bertz CT molecular complexity index is 85.1. The van der Waals surface area contributed by atoms with Crippen LogP contribution >= 0.6 is 0 Å². The molecule has 0 spiro atoms. The first-order valence-electron chi connectivity index (χ1n) is 6.08. The summed E-state index contributed by atoms with van der Waals surface area (Å²) in [6, 6.07) is 0.784. The minimum absolute atomic E-state index is 0.784. The molecule has 0 aliphatic carbocycles. The minimum Gasteiger partial charge on any atom is -0.314 e. The van der Waals surface area contributed by atoms with E-state index in [-0.39, 0.29) is 0 Å². The van der Waals surface area contributed by atoms with Gasteiger partial charge in [-0.15, -0.1) is 0 Å². The second-order valence-corrected chi connectivity index (χ2v) is 3.94. The third-order valence-corrected chi connectivity index (χ3v) is 2.49. The molecule has 0 aromatic heterocycles. The molecule has 0 aliphatic heterocycles. The first-order valence-corrected chi connectivity index (χ1v) is 6.08. The van der Waals surface area contributed by atoms with Crippen molar-refractivity contribution in [3.63, 3.8) is 0 Å². The molecule has 80 valence electrons. The van der Waals surface area contributed by atoms with Gasteiger partial charge in [-0.25, -0.2) is 0 Å². The van der Waals surface area contributed by atoms with Crippen LogP contribution in [0.3, 0.4) is 0 Å². The summed E-state index contributed by atoms with van der Waals surface area (Å²) >= 11 is 0. The van der Waals surface area contributed by atoms with Crippen LogP contribution in [0.1, 0.15) is 65.7 Å². The molecule has 0 aliphatic rings. The average molecular weight is 185 g/mol. The summed E-state index contributed by atoms with van der Waals surface area (Å²) in [5.41, 5.74) is 0. The van der Waals surface area contributed by atoms with E-state index < -0.39 is 0 Å². The van der Waals surface area contributed by atoms with E-state index in [0.717, 1.165) is 6.04 Å². The van der Waals surface area contributed by atoms with Crippen LogP contribution in [0, 0.1) is 0 Å². The van der Waals surface area contributed by atoms with E-state index >= 15 is 0 Å². The van der Waals surface area contributed by atoms with E-state index in [0.29, 0.717) is 0 Å². The molecule has 1 heteroatoms. The smallest absolute Gasteiger partial charge is 0.00668 e. The van der Waals surface area contributed by atoms with Crippen LogP contribution < -0.4 is 5.32 Å². The quantitative estimate of drug-likeness (QED) is 0.540. The minimum atomic E-state index is 0.784. The van der Waals surface area contributed by atoms with Gasteiger partial charge in [0.05, 0.1) is 0 Å². The lowest BCUT2D eigenvalue weighted by Crippen LogP contribution is -2.29. The zero-order chi connectivity index (χ0) is 9.94. The summed E-state index contributed by atoms with van der Waals surface area (Å²) in [5, 5.41) is 3.66. The van der Waals surface area contributed by atoms with Crippen molar-refractivity contribution < 1.29 is 0 Å². The molecule has 1 nitrogen and oxygen atoms in total. The van der Waals surface area contributed by atoms with E-state index in [9.17, 15) is 0 Å². The van der Waals surface area contributed by atoms with Gasteiger partial charge in [-0.05, 0) is 25.8 Å². The highest BCUT2D eigenvalue weighted by molar-refractivity contribution is 4.65. The fourth-order valence-electron chi connectivity index (χ4n) is 1.73. The normalized spacial score (nSPS) is 11.1. The van der Waals surface area contributed by atoms with Gasteiger partial charge in [0.25, 0.3) is 0 Å². The Morgan fingerprint density at radius 3 is 1.92 bits per heavy atom. The lowest BCUT2D eigenvalue weighted by Gasteiger charge is -2.16. The Kier molecular flexibility index (Phi) is 10.0. The van der Waals surface area contributed by atoms with Crippen LogP contribution in [0.15, 0.2) is 0 Å². The van der Waals surface area contributed by atoms with Gasteiger partial charge in [0.15, 0.2) is 0 Å². The fraction of sp³-hybridized carbons (Fsp3) is 1.00. The van der Waals surface area contributed by atoms with E-state index in [4.69, 9.17) is 0 Å². The molecule has 0 atom stereocenters. The van der Waals surface area contributed by atoms with E-state index in [1.807, 2.05) is 0 Å². The van der Waals surface area contributed by atoms with Crippen LogP contribution in [-0.4, -0.2) is 12.6 Å². The van der Waals surface area contributed by atoms with Gasteiger partial charge in [-0.2, -0.15) is 0 Å². The van der Waals surface area contributed by atoms with Crippen LogP contribution in [-0.2, 0) is 0 Å². The Morgan fingerprint density at radius 1 is 0.846 bits per heavy atom. The van der Waals surface area contributed by atoms with Gasteiger partial charge in [0.2, 0.25) is 0 Å². The SMILES string of the molecule is CCCCCNC(CCC)CCC. The third kappa shape index (κ3) is 8.29. The molecule has 0 aromatic rings. The lowest BCUT2D eigenvalue weighted by atomic mass is 10.1. The maximum Gasteiger partial charge on any atom is 0.00668 e. The van der Waals surface area contributed by atoms with Crippen LogP contribution in [0.25, 0.3) is 0 Å². The zero-order valence-electron chi connectivity index (χ0n) is 9.73. The molecule has 0 saturated carbocycles. The molecule has 13 heavy (non-hydrogen) atoms. The van der Waals surface area contributed by atoms with Crippen LogP contribution in [0.2, 0.25) is 0 Å². The highest BCUT2D eigenvalue weighted by Gasteiger charge is 2.03. The summed E-state index contributed by atoms with van der Waals surface area (Å²) < 4.78 is 0.